The number of carbonyl (C=O) groups is 1. The number of sulfone groups is 1. The van der Waals surface area contributed by atoms with Gasteiger partial charge in [-0.1, -0.05) is 29.8 Å². The summed E-state index contributed by atoms with van der Waals surface area (Å²) in [4.78, 5) is 14.8. The molecule has 1 heterocycles. The van der Waals surface area contributed by atoms with Crippen LogP contribution in [-0.2, 0) is 16.4 Å². The molecular formula is C22H29N3O3S. The Morgan fingerprint density at radius 1 is 1.03 bits per heavy atom. The average molecular weight is 416 g/mol. The number of aryl methyl sites for hydroxylation is 1. The van der Waals surface area contributed by atoms with E-state index in [9.17, 15) is 13.2 Å². The molecule has 1 fully saturated rings. The number of carbonyl (C=O) groups excluding carboxylic acids is 1. The maximum absolute atomic E-state index is 12.1. The summed E-state index contributed by atoms with van der Waals surface area (Å²) in [6.45, 7) is 5.79. The summed E-state index contributed by atoms with van der Waals surface area (Å²) in [6.07, 6.45) is 3.29. The molecule has 0 radical (unpaired) electrons. The lowest BCUT2D eigenvalue weighted by atomic mass is 9.96. The molecule has 3 rings (SSSR count). The second kappa shape index (κ2) is 9.41. The van der Waals surface area contributed by atoms with E-state index >= 15 is 0 Å². The van der Waals surface area contributed by atoms with E-state index in [1.54, 1.807) is 12.1 Å². The highest BCUT2D eigenvalue weighted by Crippen LogP contribution is 2.19. The molecule has 0 saturated carbocycles. The van der Waals surface area contributed by atoms with Crippen LogP contribution in [0.4, 0.5) is 10.5 Å². The Kier molecular flexibility index (Phi) is 6.92. The van der Waals surface area contributed by atoms with Crippen molar-refractivity contribution in [3.05, 3.63) is 59.7 Å². The molecule has 0 bridgehead atoms. The summed E-state index contributed by atoms with van der Waals surface area (Å²) in [7, 11) is -3.23. The maximum Gasteiger partial charge on any atom is 0.319 e. The van der Waals surface area contributed by atoms with Crippen molar-refractivity contribution < 1.29 is 13.2 Å². The molecule has 0 atom stereocenters. The Bertz CT molecular complexity index is 917. The Morgan fingerprint density at radius 3 is 2.24 bits per heavy atom. The van der Waals surface area contributed by atoms with Crippen LogP contribution in [0.5, 0.6) is 0 Å². The monoisotopic (exact) mass is 415 g/mol. The van der Waals surface area contributed by atoms with E-state index in [2.05, 4.69) is 46.7 Å². The van der Waals surface area contributed by atoms with Crippen LogP contribution in [-0.4, -0.2) is 45.2 Å². The minimum Gasteiger partial charge on any atom is -0.338 e. The van der Waals surface area contributed by atoms with Gasteiger partial charge in [0.1, 0.15) is 0 Å². The van der Waals surface area contributed by atoms with Gasteiger partial charge in [0.05, 0.1) is 4.90 Å². The van der Waals surface area contributed by atoms with Crippen LogP contribution in [0.3, 0.4) is 0 Å². The molecule has 156 valence electrons. The van der Waals surface area contributed by atoms with Crippen molar-refractivity contribution in [2.45, 2.75) is 31.2 Å². The van der Waals surface area contributed by atoms with Crippen molar-refractivity contribution >= 4 is 21.6 Å². The first kappa shape index (κ1) is 21.3. The molecule has 2 aromatic carbocycles. The van der Waals surface area contributed by atoms with Gasteiger partial charge in [0.25, 0.3) is 0 Å². The predicted molar refractivity (Wildman–Crippen MR) is 116 cm³/mol. The van der Waals surface area contributed by atoms with Gasteiger partial charge in [0.15, 0.2) is 9.84 Å². The number of amides is 2. The lowest BCUT2D eigenvalue weighted by Crippen LogP contribution is -2.39. The zero-order valence-electron chi connectivity index (χ0n) is 17.0. The van der Waals surface area contributed by atoms with Gasteiger partial charge >= 0.3 is 6.03 Å². The van der Waals surface area contributed by atoms with E-state index in [0.29, 0.717) is 18.2 Å². The van der Waals surface area contributed by atoms with Crippen LogP contribution in [0, 0.1) is 12.8 Å². The van der Waals surface area contributed by atoms with Gasteiger partial charge in [-0.05, 0) is 68.6 Å². The Morgan fingerprint density at radius 2 is 1.66 bits per heavy atom. The summed E-state index contributed by atoms with van der Waals surface area (Å²) < 4.78 is 23.0. The lowest BCUT2D eigenvalue weighted by Gasteiger charge is -2.32. The molecule has 0 aromatic heterocycles. The predicted octanol–water partition coefficient (Wildman–Crippen LogP) is 3.43. The van der Waals surface area contributed by atoms with E-state index in [-0.39, 0.29) is 10.9 Å². The molecule has 2 N–H and O–H groups in total. The fourth-order valence-corrected chi connectivity index (χ4v) is 4.13. The SMILES string of the molecule is Cc1ccc(CN2CCC(CNC(=O)Nc3ccc(S(C)(=O)=O)cc3)CC2)cc1. The number of nitrogens with one attached hydrogen (secondary N) is 2. The first-order chi connectivity index (χ1) is 13.8. The molecule has 1 saturated heterocycles. The number of hydrogen-bond acceptors (Lipinski definition) is 4. The zero-order valence-corrected chi connectivity index (χ0v) is 17.8. The standard InChI is InChI=1S/C22H29N3O3S/c1-17-3-5-19(6-4-17)16-25-13-11-18(12-14-25)15-23-22(26)24-20-7-9-21(10-8-20)29(2,27)28/h3-10,18H,11-16H2,1-2H3,(H2,23,24,26). The zero-order chi connectivity index (χ0) is 20.9. The van der Waals surface area contributed by atoms with Crippen molar-refractivity contribution in [3.8, 4) is 0 Å². The van der Waals surface area contributed by atoms with E-state index in [4.69, 9.17) is 0 Å². The molecule has 2 aromatic rings. The molecule has 1 aliphatic heterocycles. The van der Waals surface area contributed by atoms with Gasteiger partial charge in [0, 0.05) is 25.0 Å². The molecule has 1 aliphatic rings. The minimum absolute atomic E-state index is 0.237. The van der Waals surface area contributed by atoms with Gasteiger partial charge in [-0.2, -0.15) is 0 Å². The minimum atomic E-state index is -3.23. The smallest absolute Gasteiger partial charge is 0.319 e. The van der Waals surface area contributed by atoms with Crippen LogP contribution in [0.15, 0.2) is 53.4 Å². The van der Waals surface area contributed by atoms with Crippen molar-refractivity contribution in [2.24, 2.45) is 5.92 Å². The summed E-state index contributed by atoms with van der Waals surface area (Å²) in [6, 6.07) is 14.6. The van der Waals surface area contributed by atoms with E-state index in [1.807, 2.05) is 0 Å². The number of hydrogen-bond donors (Lipinski definition) is 2. The number of piperidine rings is 1. The first-order valence-electron chi connectivity index (χ1n) is 9.92. The van der Waals surface area contributed by atoms with Crippen molar-refractivity contribution in [1.29, 1.82) is 0 Å². The number of nitrogens with zero attached hydrogens (tertiary/aromatic N) is 1. The molecule has 6 nitrogen and oxygen atoms in total. The number of likely N-dealkylation sites (tertiary alicyclic amines) is 1. The maximum atomic E-state index is 12.1. The number of benzene rings is 2. The molecule has 29 heavy (non-hydrogen) atoms. The Labute approximate surface area is 173 Å². The van der Waals surface area contributed by atoms with Crippen LogP contribution >= 0.6 is 0 Å². The molecule has 2 amide bonds. The fraction of sp³-hybridized carbons (Fsp3) is 0.409. The van der Waals surface area contributed by atoms with Gasteiger partial charge in [0.2, 0.25) is 0 Å². The summed E-state index contributed by atoms with van der Waals surface area (Å²) in [5.74, 6) is 0.475. The first-order valence-corrected chi connectivity index (χ1v) is 11.8. The summed E-state index contributed by atoms with van der Waals surface area (Å²) >= 11 is 0. The third kappa shape index (κ3) is 6.58. The lowest BCUT2D eigenvalue weighted by molar-refractivity contribution is 0.175. The van der Waals surface area contributed by atoms with Crippen molar-refractivity contribution in [1.82, 2.24) is 10.2 Å². The number of rotatable bonds is 6. The van der Waals surface area contributed by atoms with Gasteiger partial charge < -0.3 is 10.6 Å². The van der Waals surface area contributed by atoms with Crippen LogP contribution < -0.4 is 10.6 Å². The highest BCUT2D eigenvalue weighted by molar-refractivity contribution is 7.90. The summed E-state index contributed by atoms with van der Waals surface area (Å²) in [5.41, 5.74) is 3.19. The molecule has 0 unspecified atom stereocenters. The normalized spacial score (nSPS) is 15.8. The molecular weight excluding hydrogens is 386 g/mol. The molecule has 0 spiro atoms. The Hall–Kier alpha value is -2.38. The highest BCUT2D eigenvalue weighted by atomic mass is 32.2. The topological polar surface area (TPSA) is 78.5 Å². The molecule has 7 heteroatoms. The van der Waals surface area contributed by atoms with Gasteiger partial charge in [-0.25, -0.2) is 13.2 Å². The van der Waals surface area contributed by atoms with Crippen molar-refractivity contribution in [2.75, 3.05) is 31.2 Å². The quantitative estimate of drug-likeness (QED) is 0.758. The number of urea groups is 1. The van der Waals surface area contributed by atoms with E-state index < -0.39 is 9.84 Å². The van der Waals surface area contributed by atoms with Gasteiger partial charge in [-0.15, -0.1) is 0 Å². The summed E-state index contributed by atoms with van der Waals surface area (Å²) in [5, 5.41) is 5.68. The van der Waals surface area contributed by atoms with E-state index in [0.717, 1.165) is 38.7 Å². The van der Waals surface area contributed by atoms with Gasteiger partial charge in [-0.3, -0.25) is 4.90 Å². The van der Waals surface area contributed by atoms with E-state index in [1.165, 1.54) is 23.3 Å². The fourth-order valence-electron chi connectivity index (χ4n) is 3.50. The largest absolute Gasteiger partial charge is 0.338 e. The second-order valence-corrected chi connectivity index (χ2v) is 9.85. The van der Waals surface area contributed by atoms with Crippen molar-refractivity contribution in [3.63, 3.8) is 0 Å². The third-order valence-corrected chi connectivity index (χ3v) is 6.45. The van der Waals surface area contributed by atoms with Crippen LogP contribution in [0.25, 0.3) is 0 Å². The third-order valence-electron chi connectivity index (χ3n) is 5.33. The van der Waals surface area contributed by atoms with Crippen LogP contribution in [0.1, 0.15) is 24.0 Å². The number of anilines is 1. The Balaban J connectivity index is 1.38. The molecule has 0 aliphatic carbocycles. The second-order valence-electron chi connectivity index (χ2n) is 7.84. The highest BCUT2D eigenvalue weighted by Gasteiger charge is 2.19. The van der Waals surface area contributed by atoms with Crippen LogP contribution in [0.2, 0.25) is 0 Å². The average Bonchev–Trinajstić information content (AvgIpc) is 2.69.